The Bertz CT molecular complexity index is 631. The molecule has 1 fully saturated rings. The maximum absolute atomic E-state index is 12.1. The van der Waals surface area contributed by atoms with E-state index in [1.54, 1.807) is 0 Å². The molecule has 0 unspecified atom stereocenters. The van der Waals surface area contributed by atoms with Crippen LogP contribution in [0.25, 0.3) is 11.1 Å². The molecule has 130 valence electrons. The first-order chi connectivity index (χ1) is 11.7. The van der Waals surface area contributed by atoms with Gasteiger partial charge in [-0.3, -0.25) is 9.69 Å². The summed E-state index contributed by atoms with van der Waals surface area (Å²) in [6, 6.07) is 7.87. The summed E-state index contributed by atoms with van der Waals surface area (Å²) in [5.74, 6) is 0.789. The van der Waals surface area contributed by atoms with Gasteiger partial charge in [-0.1, -0.05) is 12.1 Å². The Balaban J connectivity index is 1.37. The molecule has 3 rings (SSSR count). The van der Waals surface area contributed by atoms with Crippen molar-refractivity contribution in [2.24, 2.45) is 0 Å². The second-order valence-electron chi connectivity index (χ2n) is 6.31. The van der Waals surface area contributed by atoms with Crippen LogP contribution in [0.3, 0.4) is 0 Å². The second-order valence-corrected chi connectivity index (χ2v) is 6.31. The number of ether oxygens (including phenoxy) is 1. The summed E-state index contributed by atoms with van der Waals surface area (Å²) in [6.07, 6.45) is 1.91. The fraction of sp³-hybridized carbons (Fsp3) is 0.556. The number of nitrogens with zero attached hydrogens (tertiary/aromatic N) is 2. The van der Waals surface area contributed by atoms with Crippen molar-refractivity contribution < 1.29 is 13.9 Å². The molecule has 1 aromatic carbocycles. The summed E-state index contributed by atoms with van der Waals surface area (Å²) in [6.45, 7) is 6.38. The third kappa shape index (κ3) is 4.79. The summed E-state index contributed by atoms with van der Waals surface area (Å²) in [5.41, 5.74) is 1.67. The Kier molecular flexibility index (Phi) is 5.82. The fourth-order valence-corrected chi connectivity index (χ4v) is 2.99. The molecule has 0 bridgehead atoms. The van der Waals surface area contributed by atoms with Gasteiger partial charge in [-0.05, 0) is 25.5 Å². The van der Waals surface area contributed by atoms with E-state index in [-0.39, 0.29) is 11.9 Å². The molecule has 1 aliphatic rings. The molecule has 6 nitrogen and oxygen atoms in total. The molecule has 1 aliphatic heterocycles. The summed E-state index contributed by atoms with van der Waals surface area (Å²) >= 11 is 0. The minimum Gasteiger partial charge on any atom is -0.441 e. The first-order valence-electron chi connectivity index (χ1n) is 8.64. The predicted octanol–water partition coefficient (Wildman–Crippen LogP) is 1.99. The number of rotatable bonds is 7. The van der Waals surface area contributed by atoms with Crippen LogP contribution >= 0.6 is 0 Å². The SMILES string of the molecule is C[C@H](CN1CCOCC1)NC(=O)CCCc1nc2ccccc2o1. The molecule has 1 saturated heterocycles. The predicted molar refractivity (Wildman–Crippen MR) is 91.8 cm³/mol. The number of oxazole rings is 1. The zero-order chi connectivity index (χ0) is 16.8. The molecule has 0 aliphatic carbocycles. The van der Waals surface area contributed by atoms with Gasteiger partial charge in [0.15, 0.2) is 11.5 Å². The minimum atomic E-state index is 0.0897. The summed E-state index contributed by atoms with van der Waals surface area (Å²) < 4.78 is 11.0. The van der Waals surface area contributed by atoms with E-state index in [9.17, 15) is 4.79 Å². The van der Waals surface area contributed by atoms with Crippen molar-refractivity contribution >= 4 is 17.0 Å². The van der Waals surface area contributed by atoms with Crippen molar-refractivity contribution in [3.63, 3.8) is 0 Å². The van der Waals surface area contributed by atoms with Gasteiger partial charge in [-0.25, -0.2) is 4.98 Å². The van der Waals surface area contributed by atoms with E-state index in [0.717, 1.165) is 50.4 Å². The number of aryl methyl sites for hydroxylation is 1. The smallest absolute Gasteiger partial charge is 0.220 e. The Labute approximate surface area is 142 Å². The number of hydrogen-bond donors (Lipinski definition) is 1. The molecule has 2 heterocycles. The van der Waals surface area contributed by atoms with E-state index in [4.69, 9.17) is 9.15 Å². The average molecular weight is 331 g/mol. The van der Waals surface area contributed by atoms with Gasteiger partial charge in [0, 0.05) is 38.5 Å². The number of carbonyl (C=O) groups is 1. The number of fused-ring (bicyclic) bond motifs is 1. The maximum Gasteiger partial charge on any atom is 0.220 e. The molecule has 24 heavy (non-hydrogen) atoms. The molecular weight excluding hydrogens is 306 g/mol. The van der Waals surface area contributed by atoms with Crippen LogP contribution in [0.15, 0.2) is 28.7 Å². The summed E-state index contributed by atoms with van der Waals surface area (Å²) in [5, 5.41) is 3.07. The van der Waals surface area contributed by atoms with Gasteiger partial charge in [0.2, 0.25) is 5.91 Å². The Morgan fingerprint density at radius 2 is 2.12 bits per heavy atom. The van der Waals surface area contributed by atoms with E-state index in [2.05, 4.69) is 15.2 Å². The number of carbonyl (C=O) groups excluding carboxylic acids is 1. The Morgan fingerprint density at radius 3 is 2.92 bits per heavy atom. The van der Waals surface area contributed by atoms with E-state index in [1.807, 2.05) is 31.2 Å². The van der Waals surface area contributed by atoms with Gasteiger partial charge in [-0.2, -0.15) is 0 Å². The molecule has 0 spiro atoms. The van der Waals surface area contributed by atoms with E-state index in [0.29, 0.717) is 18.7 Å². The van der Waals surface area contributed by atoms with Gasteiger partial charge in [0.05, 0.1) is 13.2 Å². The van der Waals surface area contributed by atoms with Crippen molar-refractivity contribution in [3.8, 4) is 0 Å². The largest absolute Gasteiger partial charge is 0.441 e. The highest BCUT2D eigenvalue weighted by Gasteiger charge is 2.15. The molecule has 2 aromatic rings. The first-order valence-corrected chi connectivity index (χ1v) is 8.64. The number of aromatic nitrogens is 1. The lowest BCUT2D eigenvalue weighted by atomic mass is 10.2. The van der Waals surface area contributed by atoms with Crippen LogP contribution in [-0.2, 0) is 16.0 Å². The van der Waals surface area contributed by atoms with Crippen molar-refractivity contribution in [2.45, 2.75) is 32.2 Å². The highest BCUT2D eigenvalue weighted by atomic mass is 16.5. The highest BCUT2D eigenvalue weighted by molar-refractivity contribution is 5.76. The standard InChI is InChI=1S/C18H25N3O3/c1-14(13-21-9-11-23-12-10-21)19-17(22)7-4-8-18-20-15-5-2-3-6-16(15)24-18/h2-3,5-6,14H,4,7-13H2,1H3,(H,19,22)/t14-/m1/s1. The molecular formula is C18H25N3O3. The lowest BCUT2D eigenvalue weighted by Crippen LogP contribution is -2.45. The molecule has 1 amide bonds. The fourth-order valence-electron chi connectivity index (χ4n) is 2.99. The van der Waals surface area contributed by atoms with Crippen LogP contribution < -0.4 is 5.32 Å². The topological polar surface area (TPSA) is 67.6 Å². The minimum absolute atomic E-state index is 0.0897. The summed E-state index contributed by atoms with van der Waals surface area (Å²) in [7, 11) is 0. The lowest BCUT2D eigenvalue weighted by Gasteiger charge is -2.29. The normalized spacial score (nSPS) is 17.0. The van der Waals surface area contributed by atoms with Crippen LogP contribution in [0.1, 0.15) is 25.7 Å². The number of benzene rings is 1. The van der Waals surface area contributed by atoms with Gasteiger partial charge >= 0.3 is 0 Å². The molecule has 1 aromatic heterocycles. The Hall–Kier alpha value is -1.92. The van der Waals surface area contributed by atoms with Crippen molar-refractivity contribution in [1.82, 2.24) is 15.2 Å². The molecule has 6 heteroatoms. The van der Waals surface area contributed by atoms with Crippen LogP contribution in [0.4, 0.5) is 0 Å². The van der Waals surface area contributed by atoms with Gasteiger partial charge < -0.3 is 14.5 Å². The average Bonchev–Trinajstić information content (AvgIpc) is 2.98. The molecule has 0 saturated carbocycles. The monoisotopic (exact) mass is 331 g/mol. The van der Waals surface area contributed by atoms with E-state index < -0.39 is 0 Å². The molecule has 1 N–H and O–H groups in total. The Morgan fingerprint density at radius 1 is 1.33 bits per heavy atom. The zero-order valence-electron chi connectivity index (χ0n) is 14.2. The number of amides is 1. The molecule has 1 atom stereocenters. The lowest BCUT2D eigenvalue weighted by molar-refractivity contribution is -0.122. The third-order valence-corrected chi connectivity index (χ3v) is 4.18. The van der Waals surface area contributed by atoms with Gasteiger partial charge in [0.1, 0.15) is 5.52 Å². The van der Waals surface area contributed by atoms with Crippen molar-refractivity contribution in [2.75, 3.05) is 32.8 Å². The van der Waals surface area contributed by atoms with Crippen molar-refractivity contribution in [3.05, 3.63) is 30.2 Å². The first kappa shape index (κ1) is 16.9. The van der Waals surface area contributed by atoms with E-state index >= 15 is 0 Å². The number of hydrogen-bond acceptors (Lipinski definition) is 5. The number of para-hydroxylation sites is 2. The van der Waals surface area contributed by atoms with Crippen LogP contribution in [0, 0.1) is 0 Å². The second kappa shape index (κ2) is 8.26. The third-order valence-electron chi connectivity index (χ3n) is 4.18. The number of nitrogens with one attached hydrogen (secondary N) is 1. The quantitative estimate of drug-likeness (QED) is 0.840. The zero-order valence-corrected chi connectivity index (χ0v) is 14.2. The van der Waals surface area contributed by atoms with Crippen LogP contribution in [0.2, 0.25) is 0 Å². The van der Waals surface area contributed by atoms with E-state index in [1.165, 1.54) is 0 Å². The van der Waals surface area contributed by atoms with Crippen LogP contribution in [-0.4, -0.2) is 54.7 Å². The van der Waals surface area contributed by atoms with Crippen molar-refractivity contribution in [1.29, 1.82) is 0 Å². The highest BCUT2D eigenvalue weighted by Crippen LogP contribution is 2.16. The van der Waals surface area contributed by atoms with Gasteiger partial charge in [0.25, 0.3) is 0 Å². The molecule has 0 radical (unpaired) electrons. The van der Waals surface area contributed by atoms with Gasteiger partial charge in [-0.15, -0.1) is 0 Å². The maximum atomic E-state index is 12.1. The number of morpholine rings is 1. The summed E-state index contributed by atoms with van der Waals surface area (Å²) in [4.78, 5) is 18.8. The van der Waals surface area contributed by atoms with Crippen LogP contribution in [0.5, 0.6) is 0 Å².